The molecule has 0 fully saturated rings. The SMILES string of the molecule is Cc1cc(C(C)(C)C)cc(Pc2c(C)cccc2CN(C)c2ccccc2)c1O.[Cl][Ti][Cl]. The van der Waals surface area contributed by atoms with Gasteiger partial charge in [0, 0.05) is 24.6 Å². The Kier molecular flexibility index (Phi) is 10.6. The Morgan fingerprint density at radius 1 is 0.938 bits per heavy atom. The number of anilines is 1. The van der Waals surface area contributed by atoms with Gasteiger partial charge in [0.2, 0.25) is 0 Å². The molecule has 0 heterocycles. The summed E-state index contributed by atoms with van der Waals surface area (Å²) in [5, 5.41) is 13.2. The summed E-state index contributed by atoms with van der Waals surface area (Å²) in [6.07, 6.45) is 0. The Morgan fingerprint density at radius 2 is 1.56 bits per heavy atom. The Morgan fingerprint density at radius 3 is 2.16 bits per heavy atom. The van der Waals surface area contributed by atoms with E-state index >= 15 is 0 Å². The van der Waals surface area contributed by atoms with Gasteiger partial charge in [-0.1, -0.05) is 71.8 Å². The van der Waals surface area contributed by atoms with Crippen molar-refractivity contribution in [1.29, 1.82) is 0 Å². The molecular weight excluding hydrogens is 492 g/mol. The van der Waals surface area contributed by atoms with Crippen molar-refractivity contribution in [1.82, 2.24) is 0 Å². The summed E-state index contributed by atoms with van der Waals surface area (Å²) in [6, 6.07) is 21.3. The van der Waals surface area contributed by atoms with Crippen LogP contribution in [0.3, 0.4) is 0 Å². The average Bonchev–Trinajstić information content (AvgIpc) is 2.74. The summed E-state index contributed by atoms with van der Waals surface area (Å²) >= 11 is -0.556. The molecule has 0 aromatic heterocycles. The van der Waals surface area contributed by atoms with Gasteiger partial charge < -0.3 is 10.0 Å². The number of hydrogen-bond donors (Lipinski definition) is 1. The molecule has 1 unspecified atom stereocenters. The van der Waals surface area contributed by atoms with E-state index in [9.17, 15) is 5.11 Å². The zero-order valence-corrected chi connectivity index (χ0v) is 23.7. The molecule has 0 radical (unpaired) electrons. The molecule has 32 heavy (non-hydrogen) atoms. The number of nitrogens with zero attached hydrogens (tertiary/aromatic N) is 1. The van der Waals surface area contributed by atoms with E-state index in [1.165, 1.54) is 27.7 Å². The number of benzene rings is 3. The maximum atomic E-state index is 10.8. The molecule has 3 aromatic carbocycles. The van der Waals surface area contributed by atoms with Crippen LogP contribution in [0.1, 0.15) is 43.0 Å². The van der Waals surface area contributed by atoms with Crippen LogP contribution >= 0.6 is 27.2 Å². The van der Waals surface area contributed by atoms with E-state index in [1.807, 2.05) is 13.0 Å². The maximum absolute atomic E-state index is 10.8. The van der Waals surface area contributed by atoms with E-state index in [0.717, 1.165) is 17.4 Å². The van der Waals surface area contributed by atoms with Crippen molar-refractivity contribution in [3.05, 3.63) is 82.9 Å². The molecule has 1 atom stereocenters. The topological polar surface area (TPSA) is 23.5 Å². The molecule has 170 valence electrons. The predicted molar refractivity (Wildman–Crippen MR) is 141 cm³/mol. The van der Waals surface area contributed by atoms with Gasteiger partial charge in [-0.05, 0) is 65.0 Å². The summed E-state index contributed by atoms with van der Waals surface area (Å²) in [5.74, 6) is 0.432. The Labute approximate surface area is 211 Å². The molecule has 0 saturated carbocycles. The first-order chi connectivity index (χ1) is 15.1. The molecule has 0 amide bonds. The molecule has 3 rings (SSSR count). The van der Waals surface area contributed by atoms with Crippen molar-refractivity contribution in [3.8, 4) is 5.75 Å². The molecule has 0 saturated heterocycles. The second-order valence-corrected chi connectivity index (χ2v) is 12.8. The van der Waals surface area contributed by atoms with Crippen LogP contribution in [0.4, 0.5) is 5.69 Å². The van der Waals surface area contributed by atoms with Gasteiger partial charge in [-0.2, -0.15) is 0 Å². The van der Waals surface area contributed by atoms with Gasteiger partial charge in [-0.3, -0.25) is 0 Å². The van der Waals surface area contributed by atoms with E-state index < -0.39 is 17.0 Å². The Balaban J connectivity index is 0.00000114. The molecule has 0 bridgehead atoms. The predicted octanol–water partition coefficient (Wildman–Crippen LogP) is 6.95. The van der Waals surface area contributed by atoms with Gasteiger partial charge in [-0.25, -0.2) is 0 Å². The third-order valence-corrected chi connectivity index (χ3v) is 7.01. The van der Waals surface area contributed by atoms with Crippen molar-refractivity contribution in [2.24, 2.45) is 0 Å². The number of phenolic OH excluding ortho intramolecular Hbond substituents is 1. The summed E-state index contributed by atoms with van der Waals surface area (Å²) in [4.78, 5) is 2.28. The molecule has 0 aliphatic heterocycles. The first-order valence-electron chi connectivity index (χ1n) is 10.5. The average molecular weight is 524 g/mol. The first kappa shape index (κ1) is 27.2. The van der Waals surface area contributed by atoms with Crippen LogP contribution in [0.5, 0.6) is 5.75 Å². The fourth-order valence-corrected chi connectivity index (χ4v) is 4.93. The molecule has 0 aliphatic carbocycles. The fourth-order valence-electron chi connectivity index (χ4n) is 3.51. The Bertz CT molecular complexity index is 1020. The summed E-state index contributed by atoms with van der Waals surface area (Å²) in [6.45, 7) is 11.7. The van der Waals surface area contributed by atoms with Crippen LogP contribution in [-0.4, -0.2) is 12.2 Å². The van der Waals surface area contributed by atoms with E-state index in [0.29, 0.717) is 14.3 Å². The summed E-state index contributed by atoms with van der Waals surface area (Å²) in [5.41, 5.74) is 6.08. The summed E-state index contributed by atoms with van der Waals surface area (Å²) in [7, 11) is 12.3. The van der Waals surface area contributed by atoms with Gasteiger partial charge in [0.1, 0.15) is 5.75 Å². The monoisotopic (exact) mass is 523 g/mol. The molecule has 6 heteroatoms. The number of aryl methyl sites for hydroxylation is 2. The fraction of sp³-hybridized carbons (Fsp3) is 0.308. The normalized spacial score (nSPS) is 11.2. The minimum atomic E-state index is -0.556. The van der Waals surface area contributed by atoms with Gasteiger partial charge in [-0.15, -0.1) is 0 Å². The molecule has 3 aromatic rings. The molecule has 0 spiro atoms. The van der Waals surface area contributed by atoms with Gasteiger partial charge in [0.15, 0.2) is 0 Å². The Hall–Kier alpha value is -1.02. The van der Waals surface area contributed by atoms with Gasteiger partial charge in [0.25, 0.3) is 0 Å². The number of para-hydroxylation sites is 1. The third-order valence-electron chi connectivity index (χ3n) is 5.39. The van der Waals surface area contributed by atoms with Crippen LogP contribution in [0.25, 0.3) is 0 Å². The van der Waals surface area contributed by atoms with Crippen molar-refractivity contribution in [3.63, 3.8) is 0 Å². The zero-order chi connectivity index (χ0) is 23.9. The van der Waals surface area contributed by atoms with Crippen LogP contribution < -0.4 is 15.5 Å². The summed E-state index contributed by atoms with van der Waals surface area (Å²) < 4.78 is 0. The van der Waals surface area contributed by atoms with Crippen LogP contribution in [0.15, 0.2) is 60.7 Å². The van der Waals surface area contributed by atoms with Crippen molar-refractivity contribution < 1.29 is 22.1 Å². The zero-order valence-electron chi connectivity index (χ0n) is 19.6. The van der Waals surface area contributed by atoms with Gasteiger partial charge in [0.05, 0.1) is 0 Å². The first-order valence-corrected chi connectivity index (χ1v) is 15.8. The number of halogens is 2. The van der Waals surface area contributed by atoms with Crippen molar-refractivity contribution >= 4 is 43.5 Å². The molecular formula is C26H32Cl2NOPTi. The van der Waals surface area contributed by atoms with Crippen LogP contribution in [0.2, 0.25) is 0 Å². The number of rotatable bonds is 5. The number of hydrogen-bond acceptors (Lipinski definition) is 2. The van der Waals surface area contributed by atoms with E-state index in [2.05, 4.69) is 94.2 Å². The number of phenols is 1. The number of aromatic hydroxyl groups is 1. The van der Waals surface area contributed by atoms with Crippen LogP contribution in [-0.2, 0) is 29.0 Å². The van der Waals surface area contributed by atoms with Crippen LogP contribution in [0, 0.1) is 13.8 Å². The van der Waals surface area contributed by atoms with E-state index in [1.54, 1.807) is 0 Å². The second-order valence-electron chi connectivity index (χ2n) is 8.94. The molecule has 1 N–H and O–H groups in total. The third kappa shape index (κ3) is 7.51. The molecule has 0 aliphatic rings. The quantitative estimate of drug-likeness (QED) is 0.289. The van der Waals surface area contributed by atoms with E-state index in [4.69, 9.17) is 18.6 Å². The minimum absolute atomic E-state index is 0.0553. The van der Waals surface area contributed by atoms with Crippen molar-refractivity contribution in [2.45, 2.75) is 46.6 Å². The van der Waals surface area contributed by atoms with Gasteiger partial charge >= 0.3 is 35.6 Å². The second kappa shape index (κ2) is 12.4. The van der Waals surface area contributed by atoms with Crippen molar-refractivity contribution in [2.75, 3.05) is 11.9 Å². The van der Waals surface area contributed by atoms with E-state index in [-0.39, 0.29) is 5.41 Å². The standard InChI is InChI=1S/C26H32NOP.2ClH.Ti/c1-18-11-10-12-20(17-27(6)22-13-8-7-9-14-22)25(18)29-23-16-21(26(3,4)5)15-19(2)24(23)28;;;/h7-16,28-29H,17H2,1-6H3;2*1H;/q;;;+2/p-2. The molecule has 2 nitrogen and oxygen atoms in total.